The number of nitrogens with zero attached hydrogens (tertiary/aromatic N) is 4. The topological polar surface area (TPSA) is 72.3 Å². The Morgan fingerprint density at radius 3 is 1.35 bits per heavy atom. The predicted molar refractivity (Wildman–Crippen MR) is 81.0 cm³/mol. The van der Waals surface area contributed by atoms with Crippen LogP contribution in [0, 0.1) is 39.4 Å². The molecule has 0 spiro atoms. The van der Waals surface area contributed by atoms with Gasteiger partial charge < -0.3 is 0 Å². The molecule has 0 amide bonds. The summed E-state index contributed by atoms with van der Waals surface area (Å²) in [6.07, 6.45) is 0. The fourth-order valence-electron chi connectivity index (χ4n) is 3.38. The Balaban J connectivity index is 5.86. The summed E-state index contributed by atoms with van der Waals surface area (Å²) in [6, 6.07) is 4.40. The van der Waals surface area contributed by atoms with Crippen molar-refractivity contribution >= 4 is 0 Å². The Morgan fingerprint density at radius 2 is 1.10 bits per heavy atom. The largest absolute Gasteiger partial charge is 0.196 e. The molecule has 0 heterocycles. The summed E-state index contributed by atoms with van der Waals surface area (Å²) in [5.41, 5.74) is -2.06. The van der Waals surface area contributed by atoms with Gasteiger partial charge in [-0.15, -0.1) is 0 Å². The minimum atomic E-state index is -0.954. The number of nitriles is 2. The first-order valence-corrected chi connectivity index (χ1v) is 6.96. The summed E-state index contributed by atoms with van der Waals surface area (Å²) >= 11 is 0. The third-order valence-electron chi connectivity index (χ3n) is 3.30. The smallest absolute Gasteiger partial charge is 0.168 e. The average Bonchev–Trinajstić information content (AvgIpc) is 2.22. The molecule has 4 heteroatoms. The highest BCUT2D eigenvalue weighted by molar-refractivity contribution is 5.14. The van der Waals surface area contributed by atoms with Gasteiger partial charge in [-0.3, -0.25) is 0 Å². The van der Waals surface area contributed by atoms with Crippen LogP contribution in [0.1, 0.15) is 62.3 Å². The van der Waals surface area contributed by atoms with Crippen molar-refractivity contribution in [2.75, 3.05) is 0 Å². The van der Waals surface area contributed by atoms with Crippen LogP contribution in [0.25, 0.3) is 0 Å². The first kappa shape index (κ1) is 18.6. The fourth-order valence-corrected chi connectivity index (χ4v) is 3.38. The van der Waals surface area contributed by atoms with Gasteiger partial charge in [0.2, 0.25) is 0 Å². The van der Waals surface area contributed by atoms with Crippen LogP contribution in [-0.2, 0) is 0 Å². The van der Waals surface area contributed by atoms with E-state index in [-0.39, 0.29) is 16.7 Å². The first-order valence-electron chi connectivity index (χ1n) is 6.96. The average molecular weight is 276 g/mol. The number of hydrogen-bond acceptors (Lipinski definition) is 4. The molecule has 0 saturated carbocycles. The lowest BCUT2D eigenvalue weighted by molar-refractivity contribution is 0.0522. The molecule has 0 saturated heterocycles. The van der Waals surface area contributed by atoms with Crippen LogP contribution in [-0.4, -0.2) is 11.1 Å². The maximum atomic E-state index is 9.67. The van der Waals surface area contributed by atoms with Gasteiger partial charge in [-0.2, -0.15) is 20.8 Å². The van der Waals surface area contributed by atoms with Crippen molar-refractivity contribution in [2.45, 2.75) is 73.4 Å². The van der Waals surface area contributed by atoms with E-state index in [1.165, 1.54) is 0 Å². The maximum Gasteiger partial charge on any atom is 0.168 e. The van der Waals surface area contributed by atoms with E-state index < -0.39 is 11.1 Å². The van der Waals surface area contributed by atoms with Gasteiger partial charge in [-0.1, -0.05) is 41.5 Å². The molecule has 0 aliphatic carbocycles. The second-order valence-corrected chi connectivity index (χ2v) is 8.30. The first-order chi connectivity index (χ1) is 8.69. The predicted octanol–water partition coefficient (Wildman–Crippen LogP) is 4.73. The molecule has 0 aromatic heterocycles. The molecule has 0 rings (SSSR count). The molecule has 0 aromatic rings. The van der Waals surface area contributed by atoms with Crippen LogP contribution in [0.3, 0.4) is 0 Å². The lowest BCUT2D eigenvalue weighted by Gasteiger charge is -2.46. The molecular weight excluding hydrogens is 248 g/mol. The highest BCUT2D eigenvalue weighted by Gasteiger charge is 2.49. The Bertz CT molecular complexity index is 435. The van der Waals surface area contributed by atoms with E-state index in [0.29, 0.717) is 0 Å². The van der Waals surface area contributed by atoms with Gasteiger partial charge in [0.15, 0.2) is 11.1 Å². The monoisotopic (exact) mass is 276 g/mol. The molecule has 1 unspecified atom stereocenters. The molecule has 4 nitrogen and oxygen atoms in total. The lowest BCUT2D eigenvalue weighted by atomic mass is 9.59. The van der Waals surface area contributed by atoms with E-state index in [9.17, 15) is 5.26 Å². The molecule has 1 atom stereocenters. The second-order valence-electron chi connectivity index (χ2n) is 8.30. The van der Waals surface area contributed by atoms with E-state index >= 15 is 0 Å². The van der Waals surface area contributed by atoms with Crippen LogP contribution < -0.4 is 0 Å². The van der Waals surface area contributed by atoms with Crippen molar-refractivity contribution in [3.8, 4) is 12.1 Å². The summed E-state index contributed by atoms with van der Waals surface area (Å²) in [4.78, 5) is 0. The van der Waals surface area contributed by atoms with Crippen LogP contribution in [0.15, 0.2) is 10.2 Å². The van der Waals surface area contributed by atoms with E-state index in [4.69, 9.17) is 5.26 Å². The maximum absolute atomic E-state index is 9.67. The minimum Gasteiger partial charge on any atom is -0.196 e. The number of rotatable bonds is 3. The molecule has 0 radical (unpaired) electrons. The van der Waals surface area contributed by atoms with Gasteiger partial charge in [0, 0.05) is 5.92 Å². The van der Waals surface area contributed by atoms with Crippen molar-refractivity contribution in [2.24, 2.45) is 27.0 Å². The normalized spacial score (nSPS) is 16.8. The quantitative estimate of drug-likeness (QED) is 0.699. The third-order valence-corrected chi connectivity index (χ3v) is 3.30. The summed E-state index contributed by atoms with van der Waals surface area (Å²) in [7, 11) is 0. The summed E-state index contributed by atoms with van der Waals surface area (Å²) in [5, 5.41) is 27.1. The van der Waals surface area contributed by atoms with Crippen molar-refractivity contribution in [1.29, 1.82) is 10.5 Å². The molecule has 0 aromatic carbocycles. The molecule has 20 heavy (non-hydrogen) atoms. The highest BCUT2D eigenvalue weighted by atomic mass is 15.2. The van der Waals surface area contributed by atoms with Crippen LogP contribution in [0.4, 0.5) is 0 Å². The van der Waals surface area contributed by atoms with E-state index in [2.05, 4.69) is 63.9 Å². The van der Waals surface area contributed by atoms with Gasteiger partial charge in [0.25, 0.3) is 0 Å². The zero-order valence-electron chi connectivity index (χ0n) is 14.4. The summed E-state index contributed by atoms with van der Waals surface area (Å²) < 4.78 is 0. The number of azo groups is 1. The van der Waals surface area contributed by atoms with Crippen LogP contribution >= 0.6 is 0 Å². The molecule has 0 bridgehead atoms. The molecule has 0 N–H and O–H groups in total. The Kier molecular flexibility index (Phi) is 5.13. The number of hydrogen-bond donors (Lipinski definition) is 0. The molecule has 112 valence electrons. The minimum absolute atomic E-state index is 0.00532. The zero-order valence-corrected chi connectivity index (χ0v) is 14.4. The Morgan fingerprint density at radius 1 is 0.700 bits per heavy atom. The summed E-state index contributed by atoms with van der Waals surface area (Å²) in [5.74, 6) is 0.00532. The van der Waals surface area contributed by atoms with Gasteiger partial charge in [0.05, 0.1) is 12.1 Å². The zero-order chi connectivity index (χ0) is 16.4. The van der Waals surface area contributed by atoms with Gasteiger partial charge >= 0.3 is 0 Å². The Hall–Kier alpha value is -1.42. The van der Waals surface area contributed by atoms with Crippen LogP contribution in [0.5, 0.6) is 0 Å². The van der Waals surface area contributed by atoms with Gasteiger partial charge in [-0.05, 0) is 31.6 Å². The standard InChI is InChI=1S/C16H28N4/c1-13(2,3)12(14(4,5)6)16(9,11-18)20-19-15(7,8)10-17/h12H,1-9H3/b20-19+. The van der Waals surface area contributed by atoms with Crippen molar-refractivity contribution in [1.82, 2.24) is 0 Å². The Labute approximate surface area is 123 Å². The highest BCUT2D eigenvalue weighted by Crippen LogP contribution is 2.48. The molecule has 0 fully saturated rings. The summed E-state index contributed by atoms with van der Waals surface area (Å²) in [6.45, 7) is 17.9. The van der Waals surface area contributed by atoms with Crippen molar-refractivity contribution in [3.63, 3.8) is 0 Å². The van der Waals surface area contributed by atoms with Crippen molar-refractivity contribution in [3.05, 3.63) is 0 Å². The SMILES string of the molecule is CC(C)(C#N)/N=N/C(C)(C#N)C(C(C)(C)C)C(C)(C)C. The molecule has 0 aliphatic heterocycles. The van der Waals surface area contributed by atoms with E-state index in [1.807, 2.05) is 6.92 Å². The fraction of sp³-hybridized carbons (Fsp3) is 0.875. The lowest BCUT2D eigenvalue weighted by Crippen LogP contribution is -2.47. The van der Waals surface area contributed by atoms with Crippen LogP contribution in [0.2, 0.25) is 0 Å². The third kappa shape index (κ3) is 4.60. The second kappa shape index (κ2) is 5.52. The molecule has 0 aliphatic rings. The van der Waals surface area contributed by atoms with E-state index in [0.717, 1.165) is 0 Å². The van der Waals surface area contributed by atoms with E-state index in [1.54, 1.807) is 13.8 Å². The molecular formula is C16H28N4. The van der Waals surface area contributed by atoms with Crippen molar-refractivity contribution < 1.29 is 0 Å². The van der Waals surface area contributed by atoms with Gasteiger partial charge in [0.1, 0.15) is 0 Å². The van der Waals surface area contributed by atoms with Gasteiger partial charge in [-0.25, -0.2) is 0 Å².